The molecule has 2 aromatic rings. The molecule has 5 N–H and O–H groups in total. The molecule has 1 heterocycles. The molecule has 0 saturated heterocycles. The first kappa shape index (κ1) is 12.1. The van der Waals surface area contributed by atoms with Gasteiger partial charge in [-0.05, 0) is 11.6 Å². The fourth-order valence-electron chi connectivity index (χ4n) is 1.51. The molecule has 0 unspecified atom stereocenters. The van der Waals surface area contributed by atoms with Gasteiger partial charge in [-0.2, -0.15) is 0 Å². The van der Waals surface area contributed by atoms with E-state index in [2.05, 4.69) is 0 Å². The minimum atomic E-state index is -0.896. The Balaban J connectivity index is 2.33. The number of amides is 3. The summed E-state index contributed by atoms with van der Waals surface area (Å²) in [5.41, 5.74) is 11.9. The van der Waals surface area contributed by atoms with Crippen molar-refractivity contribution >= 4 is 28.3 Å². The third-order valence-corrected chi connectivity index (χ3v) is 3.31. The highest BCUT2D eigenvalue weighted by atomic mass is 32.1. The molecular weight excluding hydrogens is 250 g/mol. The van der Waals surface area contributed by atoms with E-state index in [1.807, 2.05) is 35.6 Å². The Morgan fingerprint density at radius 2 is 1.83 bits per heavy atom. The van der Waals surface area contributed by atoms with Crippen LogP contribution in [0.1, 0.15) is 10.4 Å². The lowest BCUT2D eigenvalue weighted by molar-refractivity contribution is 0.0967. The molecule has 0 aliphatic carbocycles. The third-order valence-electron chi connectivity index (χ3n) is 2.30. The van der Waals surface area contributed by atoms with Crippen molar-refractivity contribution in [2.75, 3.05) is 5.73 Å². The van der Waals surface area contributed by atoms with Gasteiger partial charge in [0.25, 0.3) is 5.91 Å². The van der Waals surface area contributed by atoms with Gasteiger partial charge in [0.05, 0.1) is 10.6 Å². The molecule has 0 aliphatic rings. The number of nitrogens with two attached hydrogens (primary N) is 2. The molecule has 2 rings (SSSR count). The summed E-state index contributed by atoms with van der Waals surface area (Å²) >= 11 is 1.29. The Labute approximate surface area is 107 Å². The largest absolute Gasteiger partial charge is 0.390 e. The van der Waals surface area contributed by atoms with Gasteiger partial charge in [-0.25, -0.2) is 4.79 Å². The van der Waals surface area contributed by atoms with E-state index >= 15 is 0 Å². The van der Waals surface area contributed by atoms with Crippen LogP contribution in [0.2, 0.25) is 0 Å². The second-order valence-corrected chi connectivity index (χ2v) is 4.66. The number of hydrogen-bond donors (Lipinski definition) is 3. The van der Waals surface area contributed by atoms with Gasteiger partial charge in [0.15, 0.2) is 0 Å². The lowest BCUT2D eigenvalue weighted by atomic mass is 10.1. The molecule has 0 aliphatic heterocycles. The van der Waals surface area contributed by atoms with E-state index in [0.29, 0.717) is 5.00 Å². The maximum absolute atomic E-state index is 11.6. The third kappa shape index (κ3) is 2.49. The number of thiophene rings is 1. The topological polar surface area (TPSA) is 98.2 Å². The van der Waals surface area contributed by atoms with Gasteiger partial charge >= 0.3 is 6.03 Å². The molecule has 0 radical (unpaired) electrons. The normalized spacial score (nSPS) is 10.0. The summed E-state index contributed by atoms with van der Waals surface area (Å²) < 4.78 is 0. The van der Waals surface area contributed by atoms with Crippen LogP contribution >= 0.6 is 11.3 Å². The molecule has 0 saturated carbocycles. The second kappa shape index (κ2) is 4.89. The molecule has 92 valence electrons. The molecule has 0 bridgehead atoms. The Morgan fingerprint density at radius 3 is 2.44 bits per heavy atom. The zero-order chi connectivity index (χ0) is 13.1. The first-order valence-corrected chi connectivity index (χ1v) is 5.95. The Hall–Kier alpha value is -2.34. The van der Waals surface area contributed by atoms with Gasteiger partial charge in [-0.3, -0.25) is 10.1 Å². The molecule has 0 atom stereocenters. The zero-order valence-electron chi connectivity index (χ0n) is 9.34. The fraction of sp³-hybridized carbons (Fsp3) is 0. The molecule has 6 heteroatoms. The van der Waals surface area contributed by atoms with Crippen molar-refractivity contribution < 1.29 is 9.59 Å². The van der Waals surface area contributed by atoms with Crippen LogP contribution in [0.3, 0.4) is 0 Å². The highest BCUT2D eigenvalue weighted by Crippen LogP contribution is 2.33. The number of nitrogen functional groups attached to an aromatic ring is 1. The van der Waals surface area contributed by atoms with Crippen LogP contribution in [0.5, 0.6) is 0 Å². The molecule has 5 nitrogen and oxygen atoms in total. The zero-order valence-corrected chi connectivity index (χ0v) is 10.2. The Kier molecular flexibility index (Phi) is 3.29. The summed E-state index contributed by atoms with van der Waals surface area (Å²) in [6, 6.07) is 10.3. The van der Waals surface area contributed by atoms with Gasteiger partial charge in [-0.1, -0.05) is 30.3 Å². The van der Waals surface area contributed by atoms with Crippen LogP contribution in [0.25, 0.3) is 10.4 Å². The predicted octanol–water partition coefficient (Wildman–Crippen LogP) is 1.81. The summed E-state index contributed by atoms with van der Waals surface area (Å²) in [5.74, 6) is -0.585. The maximum Gasteiger partial charge on any atom is 0.319 e. The monoisotopic (exact) mass is 261 g/mol. The SMILES string of the molecule is NC(=O)NC(=O)c1cc(-c2ccccc2)sc1N. The number of hydrogen-bond acceptors (Lipinski definition) is 4. The molecule has 1 aromatic carbocycles. The van der Waals surface area contributed by atoms with Crippen molar-refractivity contribution in [3.8, 4) is 10.4 Å². The lowest BCUT2D eigenvalue weighted by Crippen LogP contribution is -2.35. The van der Waals surface area contributed by atoms with Crippen molar-refractivity contribution in [1.82, 2.24) is 5.32 Å². The minimum Gasteiger partial charge on any atom is -0.390 e. The van der Waals surface area contributed by atoms with Crippen molar-refractivity contribution in [1.29, 1.82) is 0 Å². The number of nitrogens with one attached hydrogen (secondary N) is 1. The van der Waals surface area contributed by atoms with E-state index in [0.717, 1.165) is 10.4 Å². The van der Waals surface area contributed by atoms with Crippen LogP contribution in [0.4, 0.5) is 9.80 Å². The van der Waals surface area contributed by atoms with Crippen LogP contribution < -0.4 is 16.8 Å². The van der Waals surface area contributed by atoms with Crippen LogP contribution in [0.15, 0.2) is 36.4 Å². The van der Waals surface area contributed by atoms with Gasteiger partial charge in [0.2, 0.25) is 0 Å². The highest BCUT2D eigenvalue weighted by molar-refractivity contribution is 7.19. The molecule has 1 aromatic heterocycles. The molecule has 18 heavy (non-hydrogen) atoms. The maximum atomic E-state index is 11.6. The quantitative estimate of drug-likeness (QED) is 0.768. The second-order valence-electron chi connectivity index (χ2n) is 3.57. The molecule has 0 spiro atoms. The standard InChI is InChI=1S/C12H11N3O2S/c13-10-8(11(16)15-12(14)17)6-9(18-10)7-4-2-1-3-5-7/h1-6H,13H2,(H3,14,15,16,17). The average Bonchev–Trinajstić information content (AvgIpc) is 2.72. The number of anilines is 1. The first-order chi connectivity index (χ1) is 8.58. The van der Waals surface area contributed by atoms with E-state index < -0.39 is 11.9 Å². The van der Waals surface area contributed by atoms with Gasteiger partial charge in [-0.15, -0.1) is 11.3 Å². The number of carbonyl (C=O) groups excluding carboxylic acids is 2. The van der Waals surface area contributed by atoms with E-state index in [9.17, 15) is 9.59 Å². The van der Waals surface area contributed by atoms with E-state index in [4.69, 9.17) is 11.5 Å². The molecular formula is C12H11N3O2S. The summed E-state index contributed by atoms with van der Waals surface area (Å²) in [6.45, 7) is 0. The summed E-state index contributed by atoms with van der Waals surface area (Å²) in [5, 5.41) is 2.35. The van der Waals surface area contributed by atoms with Crippen LogP contribution in [-0.4, -0.2) is 11.9 Å². The summed E-state index contributed by atoms with van der Waals surface area (Å²) in [4.78, 5) is 23.1. The summed E-state index contributed by atoms with van der Waals surface area (Å²) in [7, 11) is 0. The van der Waals surface area contributed by atoms with Crippen LogP contribution in [0, 0.1) is 0 Å². The van der Waals surface area contributed by atoms with Gasteiger partial charge in [0.1, 0.15) is 0 Å². The van der Waals surface area contributed by atoms with Crippen molar-refractivity contribution in [3.05, 3.63) is 42.0 Å². The number of urea groups is 1. The minimum absolute atomic E-state index is 0.262. The van der Waals surface area contributed by atoms with E-state index in [-0.39, 0.29) is 5.56 Å². The first-order valence-electron chi connectivity index (χ1n) is 5.13. The molecule has 0 fully saturated rings. The lowest BCUT2D eigenvalue weighted by Gasteiger charge is -1.98. The number of rotatable bonds is 2. The average molecular weight is 261 g/mol. The van der Waals surface area contributed by atoms with Crippen molar-refractivity contribution in [2.24, 2.45) is 5.73 Å². The predicted molar refractivity (Wildman–Crippen MR) is 71.2 cm³/mol. The fourth-order valence-corrected chi connectivity index (χ4v) is 2.44. The number of primary amides is 1. The Bertz CT molecular complexity index is 593. The van der Waals surface area contributed by atoms with E-state index in [1.165, 1.54) is 11.3 Å². The van der Waals surface area contributed by atoms with Gasteiger partial charge in [0, 0.05) is 4.88 Å². The highest BCUT2D eigenvalue weighted by Gasteiger charge is 2.15. The smallest absolute Gasteiger partial charge is 0.319 e. The van der Waals surface area contributed by atoms with Gasteiger partial charge < -0.3 is 11.5 Å². The molecule has 3 amide bonds. The summed E-state index contributed by atoms with van der Waals surface area (Å²) in [6.07, 6.45) is 0. The van der Waals surface area contributed by atoms with E-state index in [1.54, 1.807) is 6.07 Å². The van der Waals surface area contributed by atoms with Crippen molar-refractivity contribution in [2.45, 2.75) is 0 Å². The number of carbonyl (C=O) groups is 2. The Morgan fingerprint density at radius 1 is 1.17 bits per heavy atom. The number of benzene rings is 1. The van der Waals surface area contributed by atoms with Crippen LogP contribution in [-0.2, 0) is 0 Å². The van der Waals surface area contributed by atoms with Crippen molar-refractivity contribution in [3.63, 3.8) is 0 Å². The number of imide groups is 1.